The normalized spacial score (nSPS) is 11.3. The second-order valence-corrected chi connectivity index (χ2v) is 6.43. The van der Waals surface area contributed by atoms with Crippen LogP contribution in [0.25, 0.3) is 27.7 Å². The quantitative estimate of drug-likeness (QED) is 0.390. The summed E-state index contributed by atoms with van der Waals surface area (Å²) in [6, 6.07) is 14.1. The van der Waals surface area contributed by atoms with Gasteiger partial charge in [0.2, 0.25) is 0 Å². The zero-order valence-corrected chi connectivity index (χ0v) is 14.4. The first kappa shape index (κ1) is 16.7. The van der Waals surface area contributed by atoms with E-state index in [9.17, 15) is 13.2 Å². The predicted octanol–water partition coefficient (Wildman–Crippen LogP) is 6.07. The smallest absolute Gasteiger partial charge is 0.196 e. The molecule has 0 unspecified atom stereocenters. The van der Waals surface area contributed by atoms with Gasteiger partial charge in [-0.3, -0.25) is 0 Å². The number of rotatable bonds is 2. The number of aryl methyl sites for hydroxylation is 1. The zero-order chi connectivity index (χ0) is 18.4. The number of benzene rings is 3. The fraction of sp³-hybridized carbons (Fsp3) is 0.0500. The first-order valence-corrected chi connectivity index (χ1v) is 8.21. The van der Waals surface area contributed by atoms with Crippen LogP contribution in [-0.2, 0) is 0 Å². The van der Waals surface area contributed by atoms with Gasteiger partial charge in [0.05, 0.1) is 11.7 Å². The maximum atomic E-state index is 14.2. The lowest BCUT2D eigenvalue weighted by Gasteiger charge is -2.09. The molecule has 0 radical (unpaired) electrons. The number of aromatic nitrogens is 2. The van der Waals surface area contributed by atoms with Crippen molar-refractivity contribution in [3.63, 3.8) is 0 Å². The van der Waals surface area contributed by atoms with Gasteiger partial charge in [0.25, 0.3) is 0 Å². The monoisotopic (exact) mass is 372 g/mol. The number of nitrogens with zero attached hydrogens (tertiary/aromatic N) is 2. The Morgan fingerprint density at radius 2 is 1.65 bits per heavy atom. The van der Waals surface area contributed by atoms with Crippen LogP contribution in [0.3, 0.4) is 0 Å². The van der Waals surface area contributed by atoms with Crippen LogP contribution in [0.5, 0.6) is 0 Å². The number of fused-ring (bicyclic) bond motifs is 1. The van der Waals surface area contributed by atoms with Crippen molar-refractivity contribution in [3.8, 4) is 16.8 Å². The van der Waals surface area contributed by atoms with Crippen LogP contribution in [0.2, 0.25) is 5.02 Å². The molecule has 0 bridgehead atoms. The van der Waals surface area contributed by atoms with Gasteiger partial charge in [0, 0.05) is 10.4 Å². The molecule has 1 heterocycles. The third kappa shape index (κ3) is 2.65. The van der Waals surface area contributed by atoms with Crippen molar-refractivity contribution in [2.24, 2.45) is 0 Å². The molecule has 0 saturated carbocycles. The van der Waals surface area contributed by atoms with Gasteiger partial charge in [0.1, 0.15) is 5.69 Å². The van der Waals surface area contributed by atoms with Crippen molar-refractivity contribution < 1.29 is 13.2 Å². The summed E-state index contributed by atoms with van der Waals surface area (Å²) in [6.45, 7) is 1.38. The number of halogens is 4. The van der Waals surface area contributed by atoms with E-state index in [2.05, 4.69) is 5.10 Å². The molecule has 3 aromatic carbocycles. The van der Waals surface area contributed by atoms with Crippen LogP contribution < -0.4 is 0 Å². The van der Waals surface area contributed by atoms with E-state index in [1.165, 1.54) is 17.7 Å². The minimum absolute atomic E-state index is 0.0121. The van der Waals surface area contributed by atoms with Crippen LogP contribution in [-0.4, -0.2) is 9.78 Å². The molecule has 0 aliphatic heterocycles. The minimum atomic E-state index is -1.50. The largest absolute Gasteiger partial charge is 0.230 e. The molecule has 130 valence electrons. The molecule has 0 aliphatic carbocycles. The molecule has 0 amide bonds. The summed E-state index contributed by atoms with van der Waals surface area (Å²) in [5.74, 6) is -3.96. The van der Waals surface area contributed by atoms with Crippen LogP contribution in [0.4, 0.5) is 13.2 Å². The van der Waals surface area contributed by atoms with Gasteiger partial charge in [-0.05, 0) is 53.9 Å². The number of hydrogen-bond acceptors (Lipinski definition) is 1. The Hall–Kier alpha value is -2.79. The summed E-state index contributed by atoms with van der Waals surface area (Å²) in [6.07, 6.45) is 1.55. The SMILES string of the molecule is Cc1cc(-n2ncc3cc(-c4cccc(Cl)c4)ccc32)c(F)c(F)c1F. The van der Waals surface area contributed by atoms with Gasteiger partial charge in [-0.2, -0.15) is 5.10 Å². The van der Waals surface area contributed by atoms with Crippen molar-refractivity contribution in [2.45, 2.75) is 6.92 Å². The van der Waals surface area contributed by atoms with E-state index in [1.807, 2.05) is 30.3 Å². The molecule has 0 saturated heterocycles. The molecule has 26 heavy (non-hydrogen) atoms. The highest BCUT2D eigenvalue weighted by atomic mass is 35.5. The van der Waals surface area contributed by atoms with Gasteiger partial charge in [0.15, 0.2) is 17.5 Å². The molecular weight excluding hydrogens is 361 g/mol. The maximum Gasteiger partial charge on any atom is 0.196 e. The maximum absolute atomic E-state index is 14.2. The van der Waals surface area contributed by atoms with E-state index in [4.69, 9.17) is 11.6 Å². The summed E-state index contributed by atoms with van der Waals surface area (Å²) in [7, 11) is 0. The Morgan fingerprint density at radius 1 is 0.885 bits per heavy atom. The van der Waals surface area contributed by atoms with Crippen LogP contribution in [0, 0.1) is 24.4 Å². The topological polar surface area (TPSA) is 17.8 Å². The summed E-state index contributed by atoms with van der Waals surface area (Å²) in [4.78, 5) is 0. The fourth-order valence-corrected chi connectivity index (χ4v) is 3.13. The lowest BCUT2D eigenvalue weighted by molar-refractivity contribution is 0.440. The van der Waals surface area contributed by atoms with Gasteiger partial charge < -0.3 is 0 Å². The summed E-state index contributed by atoms with van der Waals surface area (Å²) < 4.78 is 42.8. The average molecular weight is 373 g/mol. The molecule has 0 atom stereocenters. The van der Waals surface area contributed by atoms with E-state index in [0.29, 0.717) is 10.5 Å². The van der Waals surface area contributed by atoms with Crippen molar-refractivity contribution in [2.75, 3.05) is 0 Å². The second-order valence-electron chi connectivity index (χ2n) is 5.99. The fourth-order valence-electron chi connectivity index (χ4n) is 2.94. The standard InChI is InChI=1S/C20H12ClF3N2/c1-11-7-17(19(23)20(24)18(11)22)26-16-6-5-13(8-14(16)10-25-26)12-3-2-4-15(21)9-12/h2-10H,1H3. The highest BCUT2D eigenvalue weighted by Crippen LogP contribution is 2.29. The van der Waals surface area contributed by atoms with Crippen molar-refractivity contribution >= 4 is 22.5 Å². The lowest BCUT2D eigenvalue weighted by Crippen LogP contribution is -2.05. The van der Waals surface area contributed by atoms with Gasteiger partial charge in [-0.25, -0.2) is 17.9 Å². The van der Waals surface area contributed by atoms with Gasteiger partial charge >= 0.3 is 0 Å². The molecule has 0 aliphatic rings. The van der Waals surface area contributed by atoms with Crippen LogP contribution >= 0.6 is 11.6 Å². The third-order valence-electron chi connectivity index (χ3n) is 4.26. The summed E-state index contributed by atoms with van der Waals surface area (Å²) >= 11 is 6.03. The highest BCUT2D eigenvalue weighted by Gasteiger charge is 2.19. The first-order valence-electron chi connectivity index (χ1n) is 7.84. The van der Waals surface area contributed by atoms with Gasteiger partial charge in [-0.1, -0.05) is 29.8 Å². The molecular formula is C20H12ClF3N2. The van der Waals surface area contributed by atoms with Crippen LogP contribution in [0.15, 0.2) is 54.7 Å². The minimum Gasteiger partial charge on any atom is -0.230 e. The molecule has 6 heteroatoms. The zero-order valence-electron chi connectivity index (χ0n) is 13.6. The molecule has 2 nitrogen and oxygen atoms in total. The van der Waals surface area contributed by atoms with E-state index in [-0.39, 0.29) is 11.3 Å². The van der Waals surface area contributed by atoms with E-state index < -0.39 is 17.5 Å². The Bertz CT molecular complexity index is 1150. The molecule has 4 aromatic rings. The van der Waals surface area contributed by atoms with Gasteiger partial charge in [-0.15, -0.1) is 0 Å². The van der Waals surface area contributed by atoms with Crippen LogP contribution in [0.1, 0.15) is 5.56 Å². The molecule has 0 N–H and O–H groups in total. The highest BCUT2D eigenvalue weighted by molar-refractivity contribution is 6.30. The Morgan fingerprint density at radius 3 is 2.42 bits per heavy atom. The summed E-state index contributed by atoms with van der Waals surface area (Å²) in [5, 5.41) is 5.51. The van der Waals surface area contributed by atoms with E-state index in [1.54, 1.807) is 18.3 Å². The average Bonchev–Trinajstić information content (AvgIpc) is 3.06. The first-order chi connectivity index (χ1) is 12.5. The Balaban J connectivity index is 1.87. The van der Waals surface area contributed by atoms with Crippen molar-refractivity contribution in [1.29, 1.82) is 0 Å². The molecule has 1 aromatic heterocycles. The molecule has 4 rings (SSSR count). The third-order valence-corrected chi connectivity index (χ3v) is 4.50. The predicted molar refractivity (Wildman–Crippen MR) is 96.1 cm³/mol. The molecule has 0 spiro atoms. The van der Waals surface area contributed by atoms with E-state index >= 15 is 0 Å². The Labute approximate surface area is 152 Å². The van der Waals surface area contributed by atoms with Crippen molar-refractivity contribution in [3.05, 3.63) is 82.8 Å². The second kappa shape index (κ2) is 6.18. The number of hydrogen-bond donors (Lipinski definition) is 0. The summed E-state index contributed by atoms with van der Waals surface area (Å²) in [5.41, 5.74) is 2.31. The molecule has 0 fully saturated rings. The lowest BCUT2D eigenvalue weighted by atomic mass is 10.0. The van der Waals surface area contributed by atoms with E-state index in [0.717, 1.165) is 16.5 Å². The van der Waals surface area contributed by atoms with Crippen molar-refractivity contribution in [1.82, 2.24) is 9.78 Å². The Kier molecular flexibility index (Phi) is 3.96.